The molecule has 1 aliphatic rings. The molecular formula is C8H10ClN3. The number of anilines is 1. The third kappa shape index (κ3) is 0.975. The lowest BCUT2D eigenvalue weighted by Crippen LogP contribution is -2.16. The van der Waals surface area contributed by atoms with Gasteiger partial charge in [-0.25, -0.2) is 0 Å². The summed E-state index contributed by atoms with van der Waals surface area (Å²) in [6, 6.07) is 1.87. The zero-order chi connectivity index (χ0) is 8.72. The van der Waals surface area contributed by atoms with Crippen molar-refractivity contribution >= 4 is 23.5 Å². The standard InChI is InChI=1S/C8H10ClN3/c1-12-3-2-6-5(8(12)9)4-7(10)11-6/h2-4,8,11H,10H2,1H3. The molecule has 1 aliphatic heterocycles. The van der Waals surface area contributed by atoms with E-state index in [0.29, 0.717) is 5.82 Å². The number of nitrogens with zero attached hydrogens (tertiary/aromatic N) is 1. The summed E-state index contributed by atoms with van der Waals surface area (Å²) in [5.41, 5.74) is 7.53. The number of fused-ring (bicyclic) bond motifs is 1. The molecule has 64 valence electrons. The highest BCUT2D eigenvalue weighted by Crippen LogP contribution is 2.32. The van der Waals surface area contributed by atoms with Crippen molar-refractivity contribution in [3.63, 3.8) is 0 Å². The van der Waals surface area contributed by atoms with Gasteiger partial charge in [-0.1, -0.05) is 11.6 Å². The van der Waals surface area contributed by atoms with Gasteiger partial charge in [0.15, 0.2) is 0 Å². The normalized spacial score (nSPS) is 21.2. The maximum absolute atomic E-state index is 6.11. The largest absolute Gasteiger partial charge is 0.385 e. The smallest absolute Gasteiger partial charge is 0.131 e. The van der Waals surface area contributed by atoms with Gasteiger partial charge in [0, 0.05) is 24.5 Å². The number of hydrogen-bond acceptors (Lipinski definition) is 2. The van der Waals surface area contributed by atoms with Crippen LogP contribution >= 0.6 is 11.6 Å². The van der Waals surface area contributed by atoms with E-state index in [-0.39, 0.29) is 5.50 Å². The van der Waals surface area contributed by atoms with E-state index in [4.69, 9.17) is 17.3 Å². The van der Waals surface area contributed by atoms with Gasteiger partial charge in [0.25, 0.3) is 0 Å². The fourth-order valence-electron chi connectivity index (χ4n) is 1.33. The molecule has 3 N–H and O–H groups in total. The van der Waals surface area contributed by atoms with Crippen molar-refractivity contribution in [1.29, 1.82) is 0 Å². The van der Waals surface area contributed by atoms with E-state index in [1.54, 1.807) is 0 Å². The molecule has 2 rings (SSSR count). The number of alkyl halides is 1. The van der Waals surface area contributed by atoms with Gasteiger partial charge in [-0.05, 0) is 12.1 Å². The van der Waals surface area contributed by atoms with Crippen LogP contribution in [0, 0.1) is 0 Å². The minimum absolute atomic E-state index is 0.112. The number of H-pyrrole nitrogens is 1. The van der Waals surface area contributed by atoms with Gasteiger partial charge < -0.3 is 15.6 Å². The summed E-state index contributed by atoms with van der Waals surface area (Å²) in [4.78, 5) is 4.96. The van der Waals surface area contributed by atoms with Crippen molar-refractivity contribution in [3.05, 3.63) is 23.5 Å². The molecule has 1 aromatic rings. The summed E-state index contributed by atoms with van der Waals surface area (Å²) in [5.74, 6) is 0.658. The summed E-state index contributed by atoms with van der Waals surface area (Å²) in [6.07, 6.45) is 3.89. The molecule has 0 aromatic carbocycles. The second-order valence-corrected chi connectivity index (χ2v) is 3.32. The number of nitrogen functional groups attached to an aromatic ring is 1. The summed E-state index contributed by atoms with van der Waals surface area (Å²) in [6.45, 7) is 0. The zero-order valence-electron chi connectivity index (χ0n) is 6.71. The van der Waals surface area contributed by atoms with E-state index in [1.807, 2.05) is 30.3 Å². The highest BCUT2D eigenvalue weighted by molar-refractivity contribution is 6.21. The quantitative estimate of drug-likeness (QED) is 0.476. The second-order valence-electron chi connectivity index (χ2n) is 2.91. The first-order chi connectivity index (χ1) is 5.68. The molecular weight excluding hydrogens is 174 g/mol. The minimum atomic E-state index is -0.112. The van der Waals surface area contributed by atoms with Crippen molar-refractivity contribution < 1.29 is 0 Å². The first-order valence-electron chi connectivity index (χ1n) is 3.71. The molecule has 0 spiro atoms. The van der Waals surface area contributed by atoms with Gasteiger partial charge in [0.1, 0.15) is 11.3 Å². The zero-order valence-corrected chi connectivity index (χ0v) is 7.47. The Morgan fingerprint density at radius 1 is 1.67 bits per heavy atom. The molecule has 12 heavy (non-hydrogen) atoms. The van der Waals surface area contributed by atoms with Crippen LogP contribution in [0.5, 0.6) is 0 Å². The van der Waals surface area contributed by atoms with Crippen LogP contribution in [0.3, 0.4) is 0 Å². The highest BCUT2D eigenvalue weighted by Gasteiger charge is 2.19. The van der Waals surface area contributed by atoms with E-state index < -0.39 is 0 Å². The molecule has 0 saturated heterocycles. The Morgan fingerprint density at radius 2 is 2.42 bits per heavy atom. The fourth-order valence-corrected chi connectivity index (χ4v) is 1.58. The van der Waals surface area contributed by atoms with Gasteiger partial charge >= 0.3 is 0 Å². The Hall–Kier alpha value is -1.09. The number of halogens is 1. The molecule has 1 atom stereocenters. The average Bonchev–Trinajstić information content (AvgIpc) is 2.39. The van der Waals surface area contributed by atoms with Gasteiger partial charge in [-0.2, -0.15) is 0 Å². The van der Waals surface area contributed by atoms with E-state index in [2.05, 4.69) is 4.98 Å². The Kier molecular flexibility index (Phi) is 1.54. The number of nitrogens with one attached hydrogen (secondary N) is 1. The molecule has 4 heteroatoms. The number of nitrogens with two attached hydrogens (primary N) is 1. The molecule has 3 nitrogen and oxygen atoms in total. The monoisotopic (exact) mass is 183 g/mol. The molecule has 0 bridgehead atoms. The summed E-state index contributed by atoms with van der Waals surface area (Å²) < 4.78 is 0. The number of hydrogen-bond donors (Lipinski definition) is 2. The third-order valence-corrected chi connectivity index (χ3v) is 2.53. The van der Waals surface area contributed by atoms with Gasteiger partial charge in [0.2, 0.25) is 0 Å². The molecule has 0 aliphatic carbocycles. The number of aromatic amines is 1. The fraction of sp³-hybridized carbons (Fsp3) is 0.250. The van der Waals surface area contributed by atoms with Crippen molar-refractivity contribution in [2.75, 3.05) is 12.8 Å². The first-order valence-corrected chi connectivity index (χ1v) is 4.14. The third-order valence-electron chi connectivity index (χ3n) is 1.99. The van der Waals surface area contributed by atoms with Crippen LogP contribution in [0.25, 0.3) is 6.08 Å². The van der Waals surface area contributed by atoms with Crippen molar-refractivity contribution in [1.82, 2.24) is 9.88 Å². The lowest BCUT2D eigenvalue weighted by Gasteiger charge is -2.24. The van der Waals surface area contributed by atoms with Crippen LogP contribution in [0.1, 0.15) is 16.8 Å². The van der Waals surface area contributed by atoms with Gasteiger partial charge in [0.05, 0.1) is 0 Å². The first kappa shape index (κ1) is 7.55. The topological polar surface area (TPSA) is 45.0 Å². The summed E-state index contributed by atoms with van der Waals surface area (Å²) in [5, 5.41) is 0. The Balaban J connectivity index is 2.50. The van der Waals surface area contributed by atoms with E-state index in [1.165, 1.54) is 0 Å². The predicted octanol–water partition coefficient (Wildman–Crippen LogP) is 1.75. The number of aromatic nitrogens is 1. The van der Waals surface area contributed by atoms with Gasteiger partial charge in [-0.15, -0.1) is 0 Å². The molecule has 2 heterocycles. The second kappa shape index (κ2) is 2.45. The van der Waals surface area contributed by atoms with E-state index >= 15 is 0 Å². The molecule has 0 radical (unpaired) electrons. The SMILES string of the molecule is CN1C=Cc2[nH]c(N)cc2C1Cl. The van der Waals surface area contributed by atoms with Crippen LogP contribution in [-0.2, 0) is 0 Å². The van der Waals surface area contributed by atoms with E-state index in [9.17, 15) is 0 Å². The Morgan fingerprint density at radius 3 is 3.17 bits per heavy atom. The highest BCUT2D eigenvalue weighted by atomic mass is 35.5. The predicted molar refractivity (Wildman–Crippen MR) is 50.6 cm³/mol. The molecule has 1 unspecified atom stereocenters. The molecule has 0 amide bonds. The maximum atomic E-state index is 6.11. The summed E-state index contributed by atoms with van der Waals surface area (Å²) in [7, 11) is 1.93. The lowest BCUT2D eigenvalue weighted by atomic mass is 10.2. The van der Waals surface area contributed by atoms with Crippen LogP contribution in [0.15, 0.2) is 12.3 Å². The van der Waals surface area contributed by atoms with Crippen molar-refractivity contribution in [3.8, 4) is 0 Å². The van der Waals surface area contributed by atoms with Crippen molar-refractivity contribution in [2.45, 2.75) is 5.50 Å². The lowest BCUT2D eigenvalue weighted by molar-refractivity contribution is 0.428. The molecule has 0 saturated carbocycles. The maximum Gasteiger partial charge on any atom is 0.131 e. The van der Waals surface area contributed by atoms with Crippen LogP contribution in [0.4, 0.5) is 5.82 Å². The summed E-state index contributed by atoms with van der Waals surface area (Å²) >= 11 is 6.11. The average molecular weight is 184 g/mol. The van der Waals surface area contributed by atoms with E-state index in [0.717, 1.165) is 11.3 Å². The van der Waals surface area contributed by atoms with Crippen LogP contribution in [-0.4, -0.2) is 16.9 Å². The molecule has 0 fully saturated rings. The van der Waals surface area contributed by atoms with Crippen LogP contribution < -0.4 is 5.73 Å². The number of rotatable bonds is 0. The van der Waals surface area contributed by atoms with Gasteiger partial charge in [-0.3, -0.25) is 0 Å². The van der Waals surface area contributed by atoms with Crippen molar-refractivity contribution in [2.24, 2.45) is 0 Å². The Labute approximate surface area is 75.8 Å². The molecule has 1 aromatic heterocycles. The van der Waals surface area contributed by atoms with Crippen LogP contribution in [0.2, 0.25) is 0 Å². The Bertz CT molecular complexity index is 329. The minimum Gasteiger partial charge on any atom is -0.385 e.